The molecule has 2 aromatic rings. The molecule has 0 saturated heterocycles. The number of benzene rings is 1. The Labute approximate surface area is 110 Å². The summed E-state index contributed by atoms with van der Waals surface area (Å²) in [6.07, 6.45) is 3.42. The quantitative estimate of drug-likeness (QED) is 0.659. The van der Waals surface area contributed by atoms with Crippen LogP contribution in [0.15, 0.2) is 27.8 Å². The molecule has 18 heavy (non-hydrogen) atoms. The van der Waals surface area contributed by atoms with Gasteiger partial charge in [-0.05, 0) is 30.4 Å². The maximum Gasteiger partial charge on any atom is 0.276 e. The number of methoxy groups -OCH3 is 1. The third kappa shape index (κ3) is 2.95. The van der Waals surface area contributed by atoms with Crippen molar-refractivity contribution in [2.75, 3.05) is 19.1 Å². The van der Waals surface area contributed by atoms with E-state index in [4.69, 9.17) is 14.9 Å². The molecular formula is C12H15N3O2S. The van der Waals surface area contributed by atoms with Gasteiger partial charge in [0.15, 0.2) is 0 Å². The highest BCUT2D eigenvalue weighted by Crippen LogP contribution is 2.22. The average Bonchev–Trinajstić information content (AvgIpc) is 2.84. The zero-order valence-electron chi connectivity index (χ0n) is 10.3. The summed E-state index contributed by atoms with van der Waals surface area (Å²) in [5, 5.41) is 8.45. The molecule has 0 aliphatic carbocycles. The van der Waals surface area contributed by atoms with Gasteiger partial charge in [-0.1, -0.05) is 17.8 Å². The van der Waals surface area contributed by atoms with Crippen molar-refractivity contribution in [3.8, 4) is 5.75 Å². The Bertz CT molecular complexity index is 528. The molecule has 1 aromatic carbocycles. The van der Waals surface area contributed by atoms with E-state index in [1.54, 1.807) is 7.11 Å². The van der Waals surface area contributed by atoms with Crippen molar-refractivity contribution in [1.82, 2.24) is 10.2 Å². The highest BCUT2D eigenvalue weighted by Gasteiger charge is 2.06. The van der Waals surface area contributed by atoms with E-state index in [1.165, 1.54) is 11.8 Å². The van der Waals surface area contributed by atoms with Crippen LogP contribution in [0.25, 0.3) is 0 Å². The van der Waals surface area contributed by atoms with E-state index in [0.717, 1.165) is 12.0 Å². The van der Waals surface area contributed by atoms with E-state index in [9.17, 15) is 0 Å². The third-order valence-corrected chi connectivity index (χ3v) is 3.06. The molecule has 0 fully saturated rings. The van der Waals surface area contributed by atoms with Crippen molar-refractivity contribution in [3.63, 3.8) is 0 Å². The molecule has 0 aliphatic rings. The van der Waals surface area contributed by atoms with Crippen LogP contribution in [0.5, 0.6) is 5.75 Å². The second kappa shape index (κ2) is 5.77. The van der Waals surface area contributed by atoms with Gasteiger partial charge in [-0.15, -0.1) is 10.2 Å². The SMILES string of the molecule is COc1ccc(CCc2nnc(SC)o2)cc1N. The molecule has 6 heteroatoms. The lowest BCUT2D eigenvalue weighted by molar-refractivity contribution is 0.412. The monoisotopic (exact) mass is 265 g/mol. The number of aryl methyl sites for hydroxylation is 2. The van der Waals surface area contributed by atoms with Crippen molar-refractivity contribution in [1.29, 1.82) is 0 Å². The van der Waals surface area contributed by atoms with E-state index in [2.05, 4.69) is 10.2 Å². The fourth-order valence-electron chi connectivity index (χ4n) is 1.61. The van der Waals surface area contributed by atoms with Crippen LogP contribution in [0.2, 0.25) is 0 Å². The third-order valence-electron chi connectivity index (χ3n) is 2.54. The standard InChI is InChI=1S/C12H15N3O2S/c1-16-10-5-3-8(7-9(10)13)4-6-11-14-15-12(17-11)18-2/h3,5,7H,4,6,13H2,1-2H3. The van der Waals surface area contributed by atoms with Gasteiger partial charge in [0, 0.05) is 6.42 Å². The number of nitrogen functional groups attached to an aromatic ring is 1. The van der Waals surface area contributed by atoms with Gasteiger partial charge in [-0.25, -0.2) is 0 Å². The minimum absolute atomic E-state index is 0.597. The van der Waals surface area contributed by atoms with Gasteiger partial charge in [0.25, 0.3) is 5.22 Å². The Morgan fingerprint density at radius 2 is 2.17 bits per heavy atom. The Balaban J connectivity index is 1.99. The summed E-state index contributed by atoms with van der Waals surface area (Å²) < 4.78 is 10.5. The molecule has 96 valence electrons. The summed E-state index contributed by atoms with van der Waals surface area (Å²) in [7, 11) is 1.60. The van der Waals surface area contributed by atoms with Crippen molar-refractivity contribution in [3.05, 3.63) is 29.7 Å². The molecule has 0 radical (unpaired) electrons. The molecule has 2 N–H and O–H groups in total. The normalized spacial score (nSPS) is 10.6. The maximum atomic E-state index is 5.85. The largest absolute Gasteiger partial charge is 0.495 e. The van der Waals surface area contributed by atoms with Crippen LogP contribution < -0.4 is 10.5 Å². The van der Waals surface area contributed by atoms with E-state index in [0.29, 0.717) is 29.0 Å². The van der Waals surface area contributed by atoms with Crippen LogP contribution in [0.3, 0.4) is 0 Å². The van der Waals surface area contributed by atoms with Gasteiger partial charge < -0.3 is 14.9 Å². The number of hydrogen-bond donors (Lipinski definition) is 1. The van der Waals surface area contributed by atoms with Crippen molar-refractivity contribution < 1.29 is 9.15 Å². The summed E-state index contributed by atoms with van der Waals surface area (Å²) in [6.45, 7) is 0. The van der Waals surface area contributed by atoms with Crippen LogP contribution >= 0.6 is 11.8 Å². The molecule has 0 unspecified atom stereocenters. The fraction of sp³-hybridized carbons (Fsp3) is 0.333. The summed E-state index contributed by atoms with van der Waals surface area (Å²) in [5.41, 5.74) is 7.61. The predicted molar refractivity (Wildman–Crippen MR) is 70.9 cm³/mol. The van der Waals surface area contributed by atoms with Gasteiger partial charge in [0.1, 0.15) is 5.75 Å². The number of hydrogen-bond acceptors (Lipinski definition) is 6. The Morgan fingerprint density at radius 3 is 2.78 bits per heavy atom. The molecule has 0 amide bonds. The second-order valence-electron chi connectivity index (χ2n) is 3.74. The van der Waals surface area contributed by atoms with Crippen molar-refractivity contribution in [2.45, 2.75) is 18.1 Å². The Kier molecular flexibility index (Phi) is 4.09. The molecule has 0 aliphatic heterocycles. The van der Waals surface area contributed by atoms with Gasteiger partial charge in [-0.3, -0.25) is 0 Å². The van der Waals surface area contributed by atoms with Crippen LogP contribution in [0.1, 0.15) is 11.5 Å². The molecule has 0 spiro atoms. The average molecular weight is 265 g/mol. The minimum Gasteiger partial charge on any atom is -0.495 e. The number of anilines is 1. The molecule has 0 bridgehead atoms. The molecule has 1 heterocycles. The first kappa shape index (κ1) is 12.8. The van der Waals surface area contributed by atoms with Crippen molar-refractivity contribution >= 4 is 17.4 Å². The number of aromatic nitrogens is 2. The molecular weight excluding hydrogens is 250 g/mol. The van der Waals surface area contributed by atoms with Gasteiger partial charge in [0.2, 0.25) is 5.89 Å². The molecule has 0 atom stereocenters. The Hall–Kier alpha value is -1.69. The van der Waals surface area contributed by atoms with E-state index in [-0.39, 0.29) is 0 Å². The van der Waals surface area contributed by atoms with Crippen LogP contribution in [0.4, 0.5) is 5.69 Å². The zero-order valence-corrected chi connectivity index (χ0v) is 11.2. The number of nitrogens with two attached hydrogens (primary N) is 1. The summed E-state index contributed by atoms with van der Waals surface area (Å²) >= 11 is 1.44. The highest BCUT2D eigenvalue weighted by molar-refractivity contribution is 7.98. The smallest absolute Gasteiger partial charge is 0.276 e. The lowest BCUT2D eigenvalue weighted by Crippen LogP contribution is -1.96. The van der Waals surface area contributed by atoms with Crippen molar-refractivity contribution in [2.24, 2.45) is 0 Å². The molecule has 1 aromatic heterocycles. The first-order valence-electron chi connectivity index (χ1n) is 5.51. The number of rotatable bonds is 5. The van der Waals surface area contributed by atoms with E-state index >= 15 is 0 Å². The number of ether oxygens (including phenoxy) is 1. The molecule has 0 saturated carbocycles. The fourth-order valence-corrected chi connectivity index (χ4v) is 1.91. The topological polar surface area (TPSA) is 74.2 Å². The first-order chi connectivity index (χ1) is 8.72. The lowest BCUT2D eigenvalue weighted by Gasteiger charge is -2.06. The predicted octanol–water partition coefficient (Wildman–Crippen LogP) is 2.17. The van der Waals surface area contributed by atoms with E-state index < -0.39 is 0 Å². The number of nitrogens with zero attached hydrogens (tertiary/aromatic N) is 2. The molecule has 2 rings (SSSR count). The lowest BCUT2D eigenvalue weighted by atomic mass is 10.1. The number of thioether (sulfide) groups is 1. The Morgan fingerprint density at radius 1 is 1.33 bits per heavy atom. The van der Waals surface area contributed by atoms with Gasteiger partial charge in [0.05, 0.1) is 12.8 Å². The van der Waals surface area contributed by atoms with Crippen LogP contribution in [0, 0.1) is 0 Å². The summed E-state index contributed by atoms with van der Waals surface area (Å²) in [5.74, 6) is 1.34. The summed E-state index contributed by atoms with van der Waals surface area (Å²) in [6, 6.07) is 5.76. The van der Waals surface area contributed by atoms with E-state index in [1.807, 2.05) is 24.5 Å². The van der Waals surface area contributed by atoms with Gasteiger partial charge in [-0.2, -0.15) is 0 Å². The molecule has 5 nitrogen and oxygen atoms in total. The maximum absolute atomic E-state index is 5.85. The van der Waals surface area contributed by atoms with Crippen LogP contribution in [-0.4, -0.2) is 23.6 Å². The highest BCUT2D eigenvalue weighted by atomic mass is 32.2. The van der Waals surface area contributed by atoms with Gasteiger partial charge >= 0.3 is 0 Å². The second-order valence-corrected chi connectivity index (χ2v) is 4.50. The van der Waals surface area contributed by atoms with Crippen LogP contribution in [-0.2, 0) is 12.8 Å². The minimum atomic E-state index is 0.597. The first-order valence-corrected chi connectivity index (χ1v) is 6.74. The summed E-state index contributed by atoms with van der Waals surface area (Å²) in [4.78, 5) is 0. The zero-order chi connectivity index (χ0) is 13.0.